The van der Waals surface area contributed by atoms with Gasteiger partial charge in [-0.15, -0.1) is 0 Å². The fourth-order valence-corrected chi connectivity index (χ4v) is 0.982. The highest BCUT2D eigenvalue weighted by molar-refractivity contribution is 5.85. The van der Waals surface area contributed by atoms with Gasteiger partial charge in [0.1, 0.15) is 0 Å². The van der Waals surface area contributed by atoms with Crippen molar-refractivity contribution in [3.8, 4) is 0 Å². The van der Waals surface area contributed by atoms with Crippen molar-refractivity contribution in [3.63, 3.8) is 0 Å². The highest BCUT2D eigenvalue weighted by atomic mass is 16.5. The smallest absolute Gasteiger partial charge is 0.338 e. The summed E-state index contributed by atoms with van der Waals surface area (Å²) in [7, 11) is 1.16. The third-order valence-electron chi connectivity index (χ3n) is 1.89. The molecule has 1 N–H and O–H groups in total. The normalized spacial score (nSPS) is 14.3. The number of rotatable bonds is 5. The van der Waals surface area contributed by atoms with Gasteiger partial charge in [0.2, 0.25) is 0 Å². The molecule has 0 amide bonds. The maximum absolute atomic E-state index is 11.1. The van der Waals surface area contributed by atoms with Crippen molar-refractivity contribution in [2.24, 2.45) is 0 Å². The Balaban J connectivity index is 4.39. The lowest BCUT2D eigenvalue weighted by Crippen LogP contribution is -2.41. The van der Waals surface area contributed by atoms with Gasteiger partial charge in [0, 0.05) is 0 Å². The molecule has 0 fully saturated rings. The lowest BCUT2D eigenvalue weighted by atomic mass is 9.97. The lowest BCUT2D eigenvalue weighted by molar-refractivity contribution is -0.170. The summed E-state index contributed by atoms with van der Waals surface area (Å²) in [6.07, 6.45) is -0.261. The summed E-state index contributed by atoms with van der Waals surface area (Å²) in [4.78, 5) is 22.2. The number of ether oxygens (including phenoxy) is 2. The zero-order valence-electron chi connectivity index (χ0n) is 8.70. The Hall–Kier alpha value is -1.10. The fourth-order valence-electron chi connectivity index (χ4n) is 0.982. The molecule has 0 aromatic carbocycles. The zero-order chi connectivity index (χ0) is 11.2. The van der Waals surface area contributed by atoms with Crippen LogP contribution in [0.3, 0.4) is 0 Å². The fraction of sp³-hybridized carbons (Fsp3) is 0.778. The van der Waals surface area contributed by atoms with E-state index < -0.39 is 17.5 Å². The van der Waals surface area contributed by atoms with E-state index in [1.54, 1.807) is 13.8 Å². The first kappa shape index (κ1) is 12.9. The van der Waals surface area contributed by atoms with E-state index >= 15 is 0 Å². The Kier molecular flexibility index (Phi) is 5.15. The monoisotopic (exact) mass is 204 g/mol. The summed E-state index contributed by atoms with van der Waals surface area (Å²) >= 11 is 0. The van der Waals surface area contributed by atoms with Gasteiger partial charge in [-0.1, -0.05) is 6.92 Å². The molecule has 5 heteroatoms. The topological polar surface area (TPSA) is 72.8 Å². The molecule has 0 radical (unpaired) electrons. The molecule has 0 aliphatic heterocycles. The molecule has 0 aliphatic rings. The molecule has 14 heavy (non-hydrogen) atoms. The molecule has 1 atom stereocenters. The van der Waals surface area contributed by atoms with Crippen molar-refractivity contribution in [2.75, 3.05) is 13.7 Å². The van der Waals surface area contributed by atoms with E-state index in [2.05, 4.69) is 9.47 Å². The minimum atomic E-state index is -1.76. The quantitative estimate of drug-likeness (QED) is 0.650. The summed E-state index contributed by atoms with van der Waals surface area (Å²) < 4.78 is 9.02. The minimum absolute atomic E-state index is 0.110. The number of aliphatic hydroxyl groups is 1. The molecule has 0 aliphatic carbocycles. The van der Waals surface area contributed by atoms with Crippen molar-refractivity contribution in [1.29, 1.82) is 0 Å². The van der Waals surface area contributed by atoms with Gasteiger partial charge in [-0.05, 0) is 13.3 Å². The predicted octanol–water partition coefficient (Wildman–Crippen LogP) is 0.254. The number of methoxy groups -OCH3 is 1. The van der Waals surface area contributed by atoms with E-state index in [1.807, 2.05) is 0 Å². The highest BCUT2D eigenvalue weighted by Gasteiger charge is 2.38. The van der Waals surface area contributed by atoms with Gasteiger partial charge >= 0.3 is 11.9 Å². The Labute approximate surface area is 83.0 Å². The Morgan fingerprint density at radius 3 is 2.29 bits per heavy atom. The largest absolute Gasteiger partial charge is 0.467 e. The number of hydrogen-bond acceptors (Lipinski definition) is 5. The lowest BCUT2D eigenvalue weighted by Gasteiger charge is -2.22. The predicted molar refractivity (Wildman–Crippen MR) is 48.5 cm³/mol. The minimum Gasteiger partial charge on any atom is -0.467 e. The van der Waals surface area contributed by atoms with E-state index in [-0.39, 0.29) is 19.4 Å². The average Bonchev–Trinajstić information content (AvgIpc) is 2.16. The Morgan fingerprint density at radius 1 is 1.36 bits per heavy atom. The maximum atomic E-state index is 11.1. The number of hydrogen-bond donors (Lipinski definition) is 1. The average molecular weight is 204 g/mol. The Bertz CT molecular complexity index is 213. The van der Waals surface area contributed by atoms with Crippen LogP contribution in [-0.4, -0.2) is 36.4 Å². The number of carbonyl (C=O) groups is 2. The molecule has 0 rings (SSSR count). The molecule has 1 unspecified atom stereocenters. The second kappa shape index (κ2) is 5.59. The van der Waals surface area contributed by atoms with Crippen molar-refractivity contribution >= 4 is 11.9 Å². The zero-order valence-corrected chi connectivity index (χ0v) is 8.70. The third kappa shape index (κ3) is 3.33. The van der Waals surface area contributed by atoms with Gasteiger partial charge in [0.05, 0.1) is 20.1 Å². The van der Waals surface area contributed by atoms with Gasteiger partial charge in [-0.25, -0.2) is 4.79 Å². The van der Waals surface area contributed by atoms with Crippen molar-refractivity contribution < 1.29 is 24.2 Å². The van der Waals surface area contributed by atoms with Crippen LogP contribution in [-0.2, 0) is 19.1 Å². The molecule has 0 heterocycles. The van der Waals surface area contributed by atoms with Crippen LogP contribution in [0.4, 0.5) is 0 Å². The van der Waals surface area contributed by atoms with E-state index in [0.29, 0.717) is 0 Å². The van der Waals surface area contributed by atoms with Crippen LogP contribution >= 0.6 is 0 Å². The van der Waals surface area contributed by atoms with E-state index in [1.165, 1.54) is 0 Å². The number of carbonyl (C=O) groups excluding carboxylic acids is 2. The summed E-state index contributed by atoms with van der Waals surface area (Å²) in [5.41, 5.74) is -1.76. The molecule has 0 aromatic rings. The SMILES string of the molecule is CCOC(=O)CC(O)(CC)C(=O)OC. The van der Waals surface area contributed by atoms with E-state index in [9.17, 15) is 14.7 Å². The van der Waals surface area contributed by atoms with Crippen LogP contribution in [0.5, 0.6) is 0 Å². The molecule has 0 saturated heterocycles. The summed E-state index contributed by atoms with van der Waals surface area (Å²) in [5.74, 6) is -1.42. The van der Waals surface area contributed by atoms with Crippen LogP contribution in [0.15, 0.2) is 0 Å². The first-order valence-electron chi connectivity index (χ1n) is 4.46. The van der Waals surface area contributed by atoms with Crippen LogP contribution in [0, 0.1) is 0 Å². The Morgan fingerprint density at radius 2 is 1.93 bits per heavy atom. The first-order chi connectivity index (χ1) is 6.50. The van der Waals surface area contributed by atoms with Gasteiger partial charge in [0.15, 0.2) is 5.60 Å². The van der Waals surface area contributed by atoms with Crippen LogP contribution in [0.25, 0.3) is 0 Å². The van der Waals surface area contributed by atoms with Crippen molar-refractivity contribution in [1.82, 2.24) is 0 Å². The molecule has 0 spiro atoms. The summed E-state index contributed by atoms with van der Waals surface area (Å²) in [5, 5.41) is 9.71. The second-order valence-corrected chi connectivity index (χ2v) is 2.86. The number of esters is 2. The van der Waals surface area contributed by atoms with Gasteiger partial charge < -0.3 is 14.6 Å². The highest BCUT2D eigenvalue weighted by Crippen LogP contribution is 2.17. The van der Waals surface area contributed by atoms with Gasteiger partial charge in [0.25, 0.3) is 0 Å². The molecule has 0 aromatic heterocycles. The molecular weight excluding hydrogens is 188 g/mol. The summed E-state index contributed by atoms with van der Waals surface area (Å²) in [6, 6.07) is 0. The van der Waals surface area contributed by atoms with E-state index in [4.69, 9.17) is 0 Å². The molecule has 0 saturated carbocycles. The molecule has 5 nitrogen and oxygen atoms in total. The maximum Gasteiger partial charge on any atom is 0.338 e. The second-order valence-electron chi connectivity index (χ2n) is 2.86. The first-order valence-corrected chi connectivity index (χ1v) is 4.46. The van der Waals surface area contributed by atoms with Crippen molar-refractivity contribution in [3.05, 3.63) is 0 Å². The molecule has 0 bridgehead atoms. The van der Waals surface area contributed by atoms with Gasteiger partial charge in [-0.3, -0.25) is 4.79 Å². The van der Waals surface area contributed by atoms with Crippen molar-refractivity contribution in [2.45, 2.75) is 32.3 Å². The van der Waals surface area contributed by atoms with Crippen LogP contribution < -0.4 is 0 Å². The standard InChI is InChI=1S/C9H16O5/c1-4-9(12,8(11)13-3)6-7(10)14-5-2/h12H,4-6H2,1-3H3. The molecule has 82 valence electrons. The van der Waals surface area contributed by atoms with Crippen LogP contribution in [0.1, 0.15) is 26.7 Å². The summed E-state index contributed by atoms with van der Waals surface area (Å²) in [6.45, 7) is 3.47. The van der Waals surface area contributed by atoms with Crippen LogP contribution in [0.2, 0.25) is 0 Å². The molecular formula is C9H16O5. The van der Waals surface area contributed by atoms with Gasteiger partial charge in [-0.2, -0.15) is 0 Å². The van der Waals surface area contributed by atoms with E-state index in [0.717, 1.165) is 7.11 Å². The third-order valence-corrected chi connectivity index (χ3v) is 1.89.